The Labute approximate surface area is 221 Å². The number of rotatable bonds is 5. The lowest BCUT2D eigenvalue weighted by Gasteiger charge is -2.27. The summed E-state index contributed by atoms with van der Waals surface area (Å²) in [6.07, 6.45) is 1.48. The number of carbonyl (C=O) groups is 3. The summed E-state index contributed by atoms with van der Waals surface area (Å²) in [6, 6.07) is 15.6. The normalized spacial score (nSPS) is 15.9. The van der Waals surface area contributed by atoms with Gasteiger partial charge in [0.1, 0.15) is 17.9 Å². The number of benzene rings is 3. The maximum absolute atomic E-state index is 13.2. The van der Waals surface area contributed by atoms with Crippen molar-refractivity contribution in [1.29, 1.82) is 0 Å². The van der Waals surface area contributed by atoms with Crippen LogP contribution in [0.25, 0.3) is 6.08 Å². The van der Waals surface area contributed by atoms with Crippen molar-refractivity contribution in [3.8, 4) is 17.2 Å². The van der Waals surface area contributed by atoms with Crippen LogP contribution in [-0.4, -0.2) is 24.6 Å². The number of anilines is 1. The first kappa shape index (κ1) is 23.9. The molecule has 1 fully saturated rings. The Morgan fingerprint density at radius 2 is 1.72 bits per heavy atom. The second kappa shape index (κ2) is 9.65. The zero-order chi connectivity index (χ0) is 25.4. The monoisotopic (exact) mass is 596 g/mol. The van der Waals surface area contributed by atoms with Crippen molar-refractivity contribution in [3.05, 3.63) is 86.0 Å². The lowest BCUT2D eigenvalue weighted by molar-refractivity contribution is -0.122. The van der Waals surface area contributed by atoms with Gasteiger partial charge in [0.25, 0.3) is 11.8 Å². The average Bonchev–Trinajstić information content (AvgIpc) is 3.28. The second-order valence-electron chi connectivity index (χ2n) is 8.47. The Hall–Kier alpha value is -3.86. The number of hydrogen-bond donors (Lipinski definition) is 1. The molecule has 3 aromatic rings. The number of nitrogens with one attached hydrogen (secondary N) is 1. The van der Waals surface area contributed by atoms with Crippen LogP contribution in [0.3, 0.4) is 0 Å². The van der Waals surface area contributed by atoms with E-state index in [0.717, 1.165) is 25.2 Å². The number of aryl methyl sites for hydroxylation is 2. The van der Waals surface area contributed by atoms with Crippen LogP contribution >= 0.6 is 22.6 Å². The van der Waals surface area contributed by atoms with E-state index in [1.54, 1.807) is 30.3 Å². The Kier molecular flexibility index (Phi) is 6.40. The molecule has 1 saturated heterocycles. The summed E-state index contributed by atoms with van der Waals surface area (Å²) in [5, 5.41) is 2.26. The third kappa shape index (κ3) is 4.78. The molecule has 9 heteroatoms. The summed E-state index contributed by atoms with van der Waals surface area (Å²) in [6.45, 7) is 4.30. The van der Waals surface area contributed by atoms with Crippen LogP contribution in [0.2, 0.25) is 0 Å². The zero-order valence-electron chi connectivity index (χ0n) is 19.5. The molecule has 0 radical (unpaired) electrons. The van der Waals surface area contributed by atoms with Gasteiger partial charge in [-0.15, -0.1) is 0 Å². The number of halogens is 1. The highest BCUT2D eigenvalue weighted by atomic mass is 127. The van der Waals surface area contributed by atoms with Gasteiger partial charge in [-0.3, -0.25) is 14.9 Å². The smallest absolute Gasteiger partial charge is 0.335 e. The molecule has 1 N–H and O–H groups in total. The fourth-order valence-electron chi connectivity index (χ4n) is 4.05. The van der Waals surface area contributed by atoms with Crippen molar-refractivity contribution in [1.82, 2.24) is 5.32 Å². The summed E-state index contributed by atoms with van der Waals surface area (Å²) in [4.78, 5) is 39.2. The predicted molar refractivity (Wildman–Crippen MR) is 141 cm³/mol. The molecule has 0 aromatic heterocycles. The largest absolute Gasteiger partial charge is 0.488 e. The van der Waals surface area contributed by atoms with Crippen molar-refractivity contribution in [3.63, 3.8) is 0 Å². The van der Waals surface area contributed by atoms with Crippen molar-refractivity contribution >= 4 is 52.2 Å². The molecule has 0 aliphatic carbocycles. The number of urea groups is 1. The number of ether oxygens (including phenoxy) is 3. The van der Waals surface area contributed by atoms with E-state index < -0.39 is 17.8 Å². The molecule has 2 aliphatic heterocycles. The van der Waals surface area contributed by atoms with E-state index in [0.29, 0.717) is 35.1 Å². The van der Waals surface area contributed by atoms with Gasteiger partial charge >= 0.3 is 6.03 Å². The summed E-state index contributed by atoms with van der Waals surface area (Å²) in [7, 11) is 0. The summed E-state index contributed by atoms with van der Waals surface area (Å²) in [5.74, 6) is 0.652. The minimum absolute atomic E-state index is 0.126. The first-order valence-corrected chi connectivity index (χ1v) is 12.2. The number of amides is 4. The minimum Gasteiger partial charge on any atom is -0.488 e. The van der Waals surface area contributed by atoms with Gasteiger partial charge in [-0.05, 0) is 101 Å². The average molecular weight is 596 g/mol. The second-order valence-corrected chi connectivity index (χ2v) is 9.63. The molecular weight excluding hydrogens is 575 g/mol. The van der Waals surface area contributed by atoms with Gasteiger partial charge in [0.2, 0.25) is 6.79 Å². The maximum Gasteiger partial charge on any atom is 0.335 e. The summed E-state index contributed by atoms with van der Waals surface area (Å²) in [5.41, 5.74) is 3.65. The Bertz CT molecular complexity index is 1430. The van der Waals surface area contributed by atoms with Crippen molar-refractivity contribution in [2.24, 2.45) is 0 Å². The van der Waals surface area contributed by atoms with Gasteiger partial charge in [-0.1, -0.05) is 18.2 Å². The number of barbiturate groups is 1. The number of fused-ring (bicyclic) bond motifs is 1. The molecule has 2 aliphatic rings. The summed E-state index contributed by atoms with van der Waals surface area (Å²) >= 11 is 2.14. The molecule has 2 heterocycles. The fourth-order valence-corrected chi connectivity index (χ4v) is 4.75. The van der Waals surface area contributed by atoms with Crippen LogP contribution in [0.5, 0.6) is 17.2 Å². The molecule has 0 saturated carbocycles. The number of imide groups is 2. The van der Waals surface area contributed by atoms with Crippen LogP contribution in [0.4, 0.5) is 10.5 Å². The van der Waals surface area contributed by atoms with E-state index >= 15 is 0 Å². The lowest BCUT2D eigenvalue weighted by Crippen LogP contribution is -2.54. The minimum atomic E-state index is -0.769. The SMILES string of the molecule is Cc1cc(C)cc(N2C(=O)NC(=O)/C(=C\c3ccc(OCc4ccc5c(c4)OCO5)c(I)c3)C2=O)c1. The van der Waals surface area contributed by atoms with E-state index in [4.69, 9.17) is 14.2 Å². The molecule has 5 rings (SSSR count). The van der Waals surface area contributed by atoms with Gasteiger partial charge < -0.3 is 14.2 Å². The number of hydrogen-bond acceptors (Lipinski definition) is 6. The zero-order valence-corrected chi connectivity index (χ0v) is 21.6. The van der Waals surface area contributed by atoms with Crippen LogP contribution in [0.15, 0.2) is 60.2 Å². The molecule has 36 heavy (non-hydrogen) atoms. The maximum atomic E-state index is 13.2. The highest BCUT2D eigenvalue weighted by Crippen LogP contribution is 2.33. The van der Waals surface area contributed by atoms with E-state index in [1.165, 1.54) is 6.08 Å². The molecule has 4 amide bonds. The molecule has 0 bridgehead atoms. The molecule has 3 aromatic carbocycles. The van der Waals surface area contributed by atoms with E-state index in [1.807, 2.05) is 38.1 Å². The molecule has 0 atom stereocenters. The van der Waals surface area contributed by atoms with Crippen LogP contribution in [0.1, 0.15) is 22.3 Å². The topological polar surface area (TPSA) is 94.2 Å². The highest BCUT2D eigenvalue weighted by molar-refractivity contribution is 14.1. The van der Waals surface area contributed by atoms with E-state index in [-0.39, 0.29) is 12.4 Å². The Balaban J connectivity index is 1.35. The van der Waals surface area contributed by atoms with Crippen molar-refractivity contribution < 1.29 is 28.6 Å². The third-order valence-corrected chi connectivity index (χ3v) is 6.51. The van der Waals surface area contributed by atoms with Gasteiger partial charge in [0.05, 0.1) is 9.26 Å². The van der Waals surface area contributed by atoms with Gasteiger partial charge in [0, 0.05) is 0 Å². The predicted octanol–water partition coefficient (Wildman–Crippen LogP) is 4.88. The van der Waals surface area contributed by atoms with Gasteiger partial charge in [-0.25, -0.2) is 9.69 Å². The van der Waals surface area contributed by atoms with Crippen LogP contribution < -0.4 is 24.4 Å². The molecule has 0 spiro atoms. The molecular formula is C27H21IN2O6. The third-order valence-electron chi connectivity index (χ3n) is 5.66. The Morgan fingerprint density at radius 1 is 0.972 bits per heavy atom. The van der Waals surface area contributed by atoms with Crippen LogP contribution in [0, 0.1) is 17.4 Å². The Morgan fingerprint density at radius 3 is 2.47 bits per heavy atom. The quantitative estimate of drug-likeness (QED) is 0.257. The molecule has 0 unspecified atom stereocenters. The standard InChI is InChI=1S/C27H21IN2O6/c1-15-7-16(2)9-19(8-15)30-26(32)20(25(31)29-27(30)33)10-17-3-5-22(21(28)11-17)34-13-18-4-6-23-24(12-18)36-14-35-23/h3-12H,13-14H2,1-2H3,(H,29,31,33)/b20-10+. The number of carbonyl (C=O) groups excluding carboxylic acids is 3. The van der Waals surface area contributed by atoms with Crippen LogP contribution in [-0.2, 0) is 16.2 Å². The lowest BCUT2D eigenvalue weighted by atomic mass is 10.1. The number of nitrogens with zero attached hydrogens (tertiary/aromatic N) is 1. The first-order chi connectivity index (χ1) is 17.3. The van der Waals surface area contributed by atoms with Crippen molar-refractivity contribution in [2.75, 3.05) is 11.7 Å². The molecule has 182 valence electrons. The summed E-state index contributed by atoms with van der Waals surface area (Å²) < 4.78 is 17.5. The molecule has 8 nitrogen and oxygen atoms in total. The fraction of sp³-hybridized carbons (Fsp3) is 0.148. The van der Waals surface area contributed by atoms with E-state index in [9.17, 15) is 14.4 Å². The highest BCUT2D eigenvalue weighted by Gasteiger charge is 2.37. The van der Waals surface area contributed by atoms with Crippen molar-refractivity contribution in [2.45, 2.75) is 20.5 Å². The van der Waals surface area contributed by atoms with E-state index in [2.05, 4.69) is 27.9 Å². The van der Waals surface area contributed by atoms with Gasteiger partial charge in [-0.2, -0.15) is 0 Å². The van der Waals surface area contributed by atoms with Gasteiger partial charge in [0.15, 0.2) is 11.5 Å². The first-order valence-electron chi connectivity index (χ1n) is 11.1.